The van der Waals surface area contributed by atoms with Crippen LogP contribution in [0.25, 0.3) is 0 Å². The minimum Gasteiger partial charge on any atom is -0.465 e. The van der Waals surface area contributed by atoms with Crippen LogP contribution in [0.3, 0.4) is 0 Å². The molecule has 0 aromatic rings. The van der Waals surface area contributed by atoms with Crippen LogP contribution in [0.4, 0.5) is 0 Å². The van der Waals surface area contributed by atoms with Crippen molar-refractivity contribution in [3.8, 4) is 6.07 Å². The summed E-state index contributed by atoms with van der Waals surface area (Å²) in [7, 11) is 0. The highest BCUT2D eigenvalue weighted by atomic mass is 16.5. The van der Waals surface area contributed by atoms with Crippen LogP contribution >= 0.6 is 0 Å². The number of hydrogen-bond donors (Lipinski definition) is 0. The maximum atomic E-state index is 11.3. The third-order valence-corrected chi connectivity index (χ3v) is 2.26. The number of nitriles is 1. The predicted octanol–water partition coefficient (Wildman–Crippen LogP) is 2.52. The van der Waals surface area contributed by atoms with Gasteiger partial charge in [0.1, 0.15) is 5.92 Å². The standard InChI is InChI=1S/C11H19NO2/c1-4-6-7-9(3)10(8-12)11(13)14-5-2/h9-10H,4-7H2,1-3H3/t9-,10?/m1/s1. The molecule has 0 heterocycles. The second kappa shape index (κ2) is 7.37. The number of hydrogen-bond acceptors (Lipinski definition) is 3. The molecule has 0 aromatic heterocycles. The number of esters is 1. The van der Waals surface area contributed by atoms with E-state index >= 15 is 0 Å². The van der Waals surface area contributed by atoms with Crippen LogP contribution in [0.1, 0.15) is 40.0 Å². The maximum Gasteiger partial charge on any atom is 0.323 e. The molecule has 2 atom stereocenters. The zero-order valence-electron chi connectivity index (χ0n) is 9.25. The molecule has 0 amide bonds. The Bertz CT molecular complexity index is 208. The Morgan fingerprint density at radius 1 is 1.50 bits per heavy atom. The van der Waals surface area contributed by atoms with E-state index in [9.17, 15) is 4.79 Å². The van der Waals surface area contributed by atoms with Gasteiger partial charge in [-0.1, -0.05) is 26.7 Å². The lowest BCUT2D eigenvalue weighted by Gasteiger charge is -2.15. The van der Waals surface area contributed by atoms with Crippen molar-refractivity contribution in [1.82, 2.24) is 0 Å². The van der Waals surface area contributed by atoms with Crippen molar-refractivity contribution in [2.45, 2.75) is 40.0 Å². The fourth-order valence-electron chi connectivity index (χ4n) is 1.34. The highest BCUT2D eigenvalue weighted by Gasteiger charge is 2.25. The van der Waals surface area contributed by atoms with E-state index in [1.807, 2.05) is 13.0 Å². The van der Waals surface area contributed by atoms with E-state index in [2.05, 4.69) is 6.92 Å². The van der Waals surface area contributed by atoms with Gasteiger partial charge in [-0.3, -0.25) is 4.79 Å². The van der Waals surface area contributed by atoms with Crippen molar-refractivity contribution in [2.24, 2.45) is 11.8 Å². The summed E-state index contributed by atoms with van der Waals surface area (Å²) in [6, 6.07) is 2.02. The van der Waals surface area contributed by atoms with Gasteiger partial charge in [0.25, 0.3) is 0 Å². The Hall–Kier alpha value is -1.04. The number of nitrogens with zero attached hydrogens (tertiary/aromatic N) is 1. The maximum absolute atomic E-state index is 11.3. The first kappa shape index (κ1) is 13.0. The van der Waals surface area contributed by atoms with E-state index < -0.39 is 5.92 Å². The molecule has 0 aliphatic rings. The van der Waals surface area contributed by atoms with Gasteiger partial charge in [-0.2, -0.15) is 5.26 Å². The number of rotatable bonds is 6. The monoisotopic (exact) mass is 197 g/mol. The van der Waals surface area contributed by atoms with Gasteiger partial charge < -0.3 is 4.74 Å². The molecule has 0 bridgehead atoms. The summed E-state index contributed by atoms with van der Waals surface area (Å²) in [4.78, 5) is 11.3. The van der Waals surface area contributed by atoms with Gasteiger partial charge in [0, 0.05) is 0 Å². The summed E-state index contributed by atoms with van der Waals surface area (Å²) in [5, 5.41) is 8.84. The second-order valence-corrected chi connectivity index (χ2v) is 3.48. The van der Waals surface area contributed by atoms with Gasteiger partial charge in [0.05, 0.1) is 12.7 Å². The summed E-state index contributed by atoms with van der Waals surface area (Å²) in [6.45, 7) is 6.12. The van der Waals surface area contributed by atoms with Crippen molar-refractivity contribution in [2.75, 3.05) is 6.61 Å². The van der Waals surface area contributed by atoms with Gasteiger partial charge >= 0.3 is 5.97 Å². The third-order valence-electron chi connectivity index (χ3n) is 2.26. The molecule has 0 rings (SSSR count). The largest absolute Gasteiger partial charge is 0.465 e. The summed E-state index contributed by atoms with van der Waals surface area (Å²) in [5.41, 5.74) is 0. The number of carbonyl (C=O) groups is 1. The molecule has 3 heteroatoms. The lowest BCUT2D eigenvalue weighted by atomic mass is 9.91. The van der Waals surface area contributed by atoms with E-state index in [0.717, 1.165) is 19.3 Å². The smallest absolute Gasteiger partial charge is 0.323 e. The highest BCUT2D eigenvalue weighted by Crippen LogP contribution is 2.18. The number of unbranched alkanes of at least 4 members (excludes halogenated alkanes) is 1. The van der Waals surface area contributed by atoms with Crippen LogP contribution in [-0.2, 0) is 9.53 Å². The Morgan fingerprint density at radius 2 is 2.14 bits per heavy atom. The normalized spacial score (nSPS) is 14.1. The number of carbonyl (C=O) groups excluding carboxylic acids is 1. The Labute approximate surface area is 86.1 Å². The molecule has 80 valence electrons. The van der Waals surface area contributed by atoms with E-state index in [1.165, 1.54) is 0 Å². The second-order valence-electron chi connectivity index (χ2n) is 3.48. The third kappa shape index (κ3) is 4.27. The van der Waals surface area contributed by atoms with Gasteiger partial charge in [-0.05, 0) is 19.3 Å². The molecule has 0 N–H and O–H groups in total. The van der Waals surface area contributed by atoms with Gasteiger partial charge in [-0.25, -0.2) is 0 Å². The van der Waals surface area contributed by atoms with E-state index in [-0.39, 0.29) is 11.9 Å². The molecular weight excluding hydrogens is 178 g/mol. The summed E-state index contributed by atoms with van der Waals surface area (Å²) >= 11 is 0. The summed E-state index contributed by atoms with van der Waals surface area (Å²) in [5.74, 6) is -0.876. The summed E-state index contributed by atoms with van der Waals surface area (Å²) in [6.07, 6.45) is 3.05. The SMILES string of the molecule is CCCC[C@@H](C)C(C#N)C(=O)OCC. The van der Waals surface area contributed by atoms with Crippen molar-refractivity contribution in [3.63, 3.8) is 0 Å². The molecule has 0 saturated carbocycles. The van der Waals surface area contributed by atoms with Crippen LogP contribution in [0.2, 0.25) is 0 Å². The van der Waals surface area contributed by atoms with Crippen LogP contribution in [0.15, 0.2) is 0 Å². The van der Waals surface area contributed by atoms with E-state index in [1.54, 1.807) is 6.92 Å². The zero-order chi connectivity index (χ0) is 11.0. The topological polar surface area (TPSA) is 50.1 Å². The van der Waals surface area contributed by atoms with Crippen molar-refractivity contribution in [3.05, 3.63) is 0 Å². The average Bonchev–Trinajstić information content (AvgIpc) is 2.16. The Morgan fingerprint density at radius 3 is 2.57 bits per heavy atom. The predicted molar refractivity (Wildman–Crippen MR) is 54.4 cm³/mol. The average molecular weight is 197 g/mol. The van der Waals surface area contributed by atoms with Crippen LogP contribution < -0.4 is 0 Å². The fourth-order valence-corrected chi connectivity index (χ4v) is 1.34. The fraction of sp³-hybridized carbons (Fsp3) is 0.818. The molecule has 14 heavy (non-hydrogen) atoms. The molecule has 0 spiro atoms. The quantitative estimate of drug-likeness (QED) is 0.615. The zero-order valence-corrected chi connectivity index (χ0v) is 9.25. The van der Waals surface area contributed by atoms with E-state index in [4.69, 9.17) is 10.00 Å². The Kier molecular flexibility index (Phi) is 6.82. The molecule has 0 radical (unpaired) electrons. The lowest BCUT2D eigenvalue weighted by molar-refractivity contribution is -0.147. The van der Waals surface area contributed by atoms with Gasteiger partial charge in [0.2, 0.25) is 0 Å². The van der Waals surface area contributed by atoms with Crippen LogP contribution in [-0.4, -0.2) is 12.6 Å². The molecule has 0 aliphatic heterocycles. The van der Waals surface area contributed by atoms with Crippen LogP contribution in [0.5, 0.6) is 0 Å². The number of ether oxygens (including phenoxy) is 1. The molecule has 0 saturated heterocycles. The molecule has 0 aliphatic carbocycles. The Balaban J connectivity index is 4.12. The first-order valence-electron chi connectivity index (χ1n) is 5.23. The van der Waals surface area contributed by atoms with Gasteiger partial charge in [-0.15, -0.1) is 0 Å². The molecular formula is C11H19NO2. The minimum atomic E-state index is -0.596. The molecule has 1 unspecified atom stereocenters. The molecule has 3 nitrogen and oxygen atoms in total. The van der Waals surface area contributed by atoms with Gasteiger partial charge in [0.15, 0.2) is 0 Å². The molecule has 0 fully saturated rings. The van der Waals surface area contributed by atoms with Crippen LogP contribution in [0, 0.1) is 23.2 Å². The lowest BCUT2D eigenvalue weighted by Crippen LogP contribution is -2.22. The van der Waals surface area contributed by atoms with Crippen molar-refractivity contribution in [1.29, 1.82) is 5.26 Å². The first-order chi connectivity index (χ1) is 6.67. The van der Waals surface area contributed by atoms with E-state index in [0.29, 0.717) is 6.61 Å². The minimum absolute atomic E-state index is 0.0963. The summed E-state index contributed by atoms with van der Waals surface area (Å²) < 4.78 is 4.83. The van der Waals surface area contributed by atoms with Crippen molar-refractivity contribution >= 4 is 5.97 Å². The highest BCUT2D eigenvalue weighted by molar-refractivity contribution is 5.75. The first-order valence-corrected chi connectivity index (χ1v) is 5.23. The van der Waals surface area contributed by atoms with Crippen molar-refractivity contribution < 1.29 is 9.53 Å². The molecule has 0 aromatic carbocycles.